The minimum absolute atomic E-state index is 0.0396. The molecule has 0 atom stereocenters. The molecular weight excluding hydrogens is 453 g/mol. The Hall–Kier alpha value is -4.38. The first kappa shape index (κ1) is 23.4. The van der Waals surface area contributed by atoms with Crippen LogP contribution in [-0.2, 0) is 11.3 Å². The summed E-state index contributed by atoms with van der Waals surface area (Å²) >= 11 is 0. The molecular formula is C31H26FNO3. The summed E-state index contributed by atoms with van der Waals surface area (Å²) in [5.74, 6) is 0.422. The number of nitrogens with one attached hydrogen (secondary N) is 1. The monoisotopic (exact) mass is 479 g/mol. The van der Waals surface area contributed by atoms with E-state index in [0.29, 0.717) is 17.9 Å². The minimum atomic E-state index is -0.446. The van der Waals surface area contributed by atoms with Crippen molar-refractivity contribution in [2.24, 2.45) is 0 Å². The van der Waals surface area contributed by atoms with E-state index in [2.05, 4.69) is 29.6 Å². The normalized spacial score (nSPS) is 12.2. The van der Waals surface area contributed by atoms with Crippen LogP contribution < -0.4 is 10.1 Å². The molecule has 0 aliphatic heterocycles. The van der Waals surface area contributed by atoms with Crippen molar-refractivity contribution in [2.75, 3.05) is 13.2 Å². The summed E-state index contributed by atoms with van der Waals surface area (Å²) in [5, 5.41) is 2.77. The highest BCUT2D eigenvalue weighted by Gasteiger charge is 2.28. The van der Waals surface area contributed by atoms with Crippen LogP contribution in [0.1, 0.15) is 28.2 Å². The second-order valence-corrected chi connectivity index (χ2v) is 8.56. The number of carbonyl (C=O) groups excluding carboxylic acids is 1. The molecule has 4 aromatic rings. The van der Waals surface area contributed by atoms with Crippen molar-refractivity contribution < 1.29 is 18.7 Å². The Labute approximate surface area is 210 Å². The number of carbonyl (C=O) groups is 1. The fourth-order valence-corrected chi connectivity index (χ4v) is 4.44. The van der Waals surface area contributed by atoms with Gasteiger partial charge in [-0.3, -0.25) is 0 Å². The SMILES string of the molecule is O=C(NCC=Cc1ccc(OCc2ccccc2F)cc1)OCC1c2ccccc2-c2ccccc21. The average molecular weight is 480 g/mol. The van der Waals surface area contributed by atoms with Crippen LogP contribution in [-0.4, -0.2) is 19.2 Å². The third kappa shape index (κ3) is 5.31. The third-order valence-electron chi connectivity index (χ3n) is 6.25. The number of alkyl carbamates (subject to hydrolysis) is 1. The first-order valence-corrected chi connectivity index (χ1v) is 11.9. The molecule has 0 fully saturated rings. The number of hydrogen-bond donors (Lipinski definition) is 1. The van der Waals surface area contributed by atoms with E-state index in [9.17, 15) is 9.18 Å². The number of hydrogen-bond acceptors (Lipinski definition) is 3. The topological polar surface area (TPSA) is 47.6 Å². The van der Waals surface area contributed by atoms with Gasteiger partial charge in [-0.25, -0.2) is 9.18 Å². The zero-order chi connectivity index (χ0) is 24.7. The number of ether oxygens (including phenoxy) is 2. The van der Waals surface area contributed by atoms with Crippen LogP contribution in [0.2, 0.25) is 0 Å². The Balaban J connectivity index is 1.08. The molecule has 1 amide bonds. The predicted molar refractivity (Wildman–Crippen MR) is 139 cm³/mol. The molecule has 0 saturated carbocycles. The standard InChI is InChI=1S/C31H26FNO3/c32-30-14-6-1-9-23(30)20-35-24-17-15-22(16-18-24)8-7-19-33-31(34)36-21-29-27-12-4-2-10-25(27)26-11-3-5-13-28(26)29/h1-18,29H,19-21H2,(H,33,34). The van der Waals surface area contributed by atoms with E-state index >= 15 is 0 Å². The van der Waals surface area contributed by atoms with Crippen molar-refractivity contribution in [1.82, 2.24) is 5.32 Å². The van der Waals surface area contributed by atoms with Gasteiger partial charge in [0.25, 0.3) is 0 Å². The maximum absolute atomic E-state index is 13.7. The van der Waals surface area contributed by atoms with Gasteiger partial charge in [0.05, 0.1) is 0 Å². The highest BCUT2D eigenvalue weighted by atomic mass is 19.1. The zero-order valence-electron chi connectivity index (χ0n) is 19.7. The third-order valence-corrected chi connectivity index (χ3v) is 6.25. The predicted octanol–water partition coefficient (Wildman–Crippen LogP) is 6.96. The van der Waals surface area contributed by atoms with Crippen LogP contribution in [0.5, 0.6) is 5.75 Å². The molecule has 4 nitrogen and oxygen atoms in total. The van der Waals surface area contributed by atoms with Crippen LogP contribution in [0.4, 0.5) is 9.18 Å². The molecule has 5 rings (SSSR count). The van der Waals surface area contributed by atoms with Gasteiger partial charge in [-0.05, 0) is 46.0 Å². The molecule has 0 saturated heterocycles. The van der Waals surface area contributed by atoms with Crippen molar-refractivity contribution in [3.8, 4) is 16.9 Å². The van der Waals surface area contributed by atoms with Crippen molar-refractivity contribution in [2.45, 2.75) is 12.5 Å². The number of halogens is 1. The fraction of sp³-hybridized carbons (Fsp3) is 0.129. The van der Waals surface area contributed by atoms with Gasteiger partial charge in [-0.1, -0.05) is 91.0 Å². The van der Waals surface area contributed by atoms with Crippen molar-refractivity contribution in [1.29, 1.82) is 0 Å². The average Bonchev–Trinajstić information content (AvgIpc) is 3.24. The van der Waals surface area contributed by atoms with Crippen LogP contribution in [0.3, 0.4) is 0 Å². The smallest absolute Gasteiger partial charge is 0.407 e. The molecule has 0 radical (unpaired) electrons. The summed E-state index contributed by atoms with van der Waals surface area (Å²) in [4.78, 5) is 12.3. The van der Waals surface area contributed by atoms with Gasteiger partial charge in [0, 0.05) is 18.0 Å². The van der Waals surface area contributed by atoms with Crippen molar-refractivity contribution >= 4 is 12.2 Å². The molecule has 0 heterocycles. The van der Waals surface area contributed by atoms with Crippen LogP contribution in [0.25, 0.3) is 17.2 Å². The lowest BCUT2D eigenvalue weighted by Gasteiger charge is -2.14. The molecule has 180 valence electrons. The van der Waals surface area contributed by atoms with Gasteiger partial charge in [-0.15, -0.1) is 0 Å². The highest BCUT2D eigenvalue weighted by molar-refractivity contribution is 5.79. The molecule has 1 aliphatic carbocycles. The lowest BCUT2D eigenvalue weighted by molar-refractivity contribution is 0.144. The van der Waals surface area contributed by atoms with Gasteiger partial charge < -0.3 is 14.8 Å². The molecule has 36 heavy (non-hydrogen) atoms. The van der Waals surface area contributed by atoms with Gasteiger partial charge in [0.1, 0.15) is 24.8 Å². The molecule has 1 aliphatic rings. The number of benzene rings is 4. The van der Waals surface area contributed by atoms with Crippen molar-refractivity contribution in [3.05, 3.63) is 131 Å². The fourth-order valence-electron chi connectivity index (χ4n) is 4.44. The Morgan fingerprint density at radius 2 is 1.47 bits per heavy atom. The van der Waals surface area contributed by atoms with Gasteiger partial charge in [0.15, 0.2) is 0 Å². The quantitative estimate of drug-likeness (QED) is 0.297. The van der Waals surface area contributed by atoms with Gasteiger partial charge >= 0.3 is 6.09 Å². The van der Waals surface area contributed by atoms with E-state index in [4.69, 9.17) is 9.47 Å². The van der Waals surface area contributed by atoms with Crippen LogP contribution >= 0.6 is 0 Å². The summed E-state index contributed by atoms with van der Waals surface area (Å²) in [6, 6.07) is 30.6. The first-order valence-electron chi connectivity index (χ1n) is 11.9. The van der Waals surface area contributed by atoms with E-state index in [1.54, 1.807) is 18.2 Å². The Morgan fingerprint density at radius 3 is 2.17 bits per heavy atom. The first-order chi connectivity index (χ1) is 17.7. The Morgan fingerprint density at radius 1 is 0.833 bits per heavy atom. The molecule has 1 N–H and O–H groups in total. The van der Waals surface area contributed by atoms with Crippen LogP contribution in [0.15, 0.2) is 103 Å². The Bertz CT molecular complexity index is 1340. The van der Waals surface area contributed by atoms with Gasteiger partial charge in [-0.2, -0.15) is 0 Å². The Kier molecular flexibility index (Phi) is 7.08. The molecule has 4 aromatic carbocycles. The zero-order valence-corrected chi connectivity index (χ0v) is 19.7. The van der Waals surface area contributed by atoms with E-state index in [1.165, 1.54) is 28.3 Å². The van der Waals surface area contributed by atoms with E-state index in [-0.39, 0.29) is 24.9 Å². The van der Waals surface area contributed by atoms with E-state index in [0.717, 1.165) is 5.56 Å². The largest absolute Gasteiger partial charge is 0.489 e. The number of rotatable bonds is 8. The maximum atomic E-state index is 13.7. The van der Waals surface area contributed by atoms with E-state index in [1.807, 2.05) is 60.7 Å². The van der Waals surface area contributed by atoms with Crippen LogP contribution in [0, 0.1) is 5.82 Å². The molecule has 0 aromatic heterocycles. The summed E-state index contributed by atoms with van der Waals surface area (Å²) in [6.45, 7) is 0.812. The lowest BCUT2D eigenvalue weighted by Crippen LogP contribution is -2.26. The van der Waals surface area contributed by atoms with Crippen molar-refractivity contribution in [3.63, 3.8) is 0 Å². The second kappa shape index (κ2) is 10.9. The highest BCUT2D eigenvalue weighted by Crippen LogP contribution is 2.44. The minimum Gasteiger partial charge on any atom is -0.489 e. The summed E-state index contributed by atoms with van der Waals surface area (Å²) in [7, 11) is 0. The lowest BCUT2D eigenvalue weighted by atomic mass is 9.98. The van der Waals surface area contributed by atoms with E-state index < -0.39 is 6.09 Å². The maximum Gasteiger partial charge on any atom is 0.407 e. The summed E-state index contributed by atoms with van der Waals surface area (Å²) in [5.41, 5.74) is 6.26. The van der Waals surface area contributed by atoms with Gasteiger partial charge in [0.2, 0.25) is 0 Å². The molecule has 0 bridgehead atoms. The summed E-state index contributed by atoms with van der Waals surface area (Å²) in [6.07, 6.45) is 3.32. The second-order valence-electron chi connectivity index (χ2n) is 8.56. The molecule has 0 spiro atoms. The molecule has 0 unspecified atom stereocenters. The summed E-state index contributed by atoms with van der Waals surface area (Å²) < 4.78 is 24.9. The number of fused-ring (bicyclic) bond motifs is 3. The number of amides is 1. The molecule has 5 heteroatoms.